The monoisotopic (exact) mass is 433 g/mol. The van der Waals surface area contributed by atoms with E-state index >= 15 is 0 Å². The number of aromatic nitrogens is 1. The molecule has 1 radical (unpaired) electrons. The maximum Gasteiger partial charge on any atom is 0.207 e. The zero-order valence-electron chi connectivity index (χ0n) is 16.6. The van der Waals surface area contributed by atoms with E-state index in [1.807, 2.05) is 24.3 Å². The van der Waals surface area contributed by atoms with Gasteiger partial charge in [0.1, 0.15) is 0 Å². The molecule has 27 heavy (non-hydrogen) atoms. The minimum Gasteiger partial charge on any atom is -0.292 e. The molecule has 3 rings (SSSR count). The molecule has 0 amide bonds. The van der Waals surface area contributed by atoms with Crippen molar-refractivity contribution >= 4 is 5.78 Å². The van der Waals surface area contributed by atoms with Crippen LogP contribution in [0.5, 0.6) is 0 Å². The Morgan fingerprint density at radius 1 is 0.815 bits per heavy atom. The SMILES string of the molecule is Cc1cccc(C)c1CC(=O)C[n+]1c(C)ccc(-c2ccccc2)c1C.[Y]. The topological polar surface area (TPSA) is 20.9 Å². The van der Waals surface area contributed by atoms with Crippen molar-refractivity contribution < 1.29 is 42.1 Å². The molecule has 0 N–H and O–H groups in total. The Morgan fingerprint density at radius 3 is 2.07 bits per heavy atom. The largest absolute Gasteiger partial charge is 0.292 e. The van der Waals surface area contributed by atoms with Crippen molar-refractivity contribution in [3.05, 3.63) is 88.7 Å². The van der Waals surface area contributed by atoms with Gasteiger partial charge in [-0.15, -0.1) is 0 Å². The van der Waals surface area contributed by atoms with Crippen LogP contribution in [-0.4, -0.2) is 5.78 Å². The number of rotatable bonds is 5. The zero-order valence-corrected chi connectivity index (χ0v) is 19.5. The third kappa shape index (κ3) is 5.00. The van der Waals surface area contributed by atoms with Gasteiger partial charge in [-0.25, -0.2) is 0 Å². The van der Waals surface area contributed by atoms with Gasteiger partial charge in [-0.2, -0.15) is 4.57 Å². The Morgan fingerprint density at radius 2 is 1.44 bits per heavy atom. The second-order valence-electron chi connectivity index (χ2n) is 7.01. The molecular formula is C24H26NOY+. The molecular weight excluding hydrogens is 407 g/mol. The van der Waals surface area contributed by atoms with E-state index < -0.39 is 0 Å². The first-order valence-corrected chi connectivity index (χ1v) is 9.09. The van der Waals surface area contributed by atoms with Crippen molar-refractivity contribution in [3.63, 3.8) is 0 Å². The summed E-state index contributed by atoms with van der Waals surface area (Å²) in [5.74, 6) is 0.240. The van der Waals surface area contributed by atoms with Crippen LogP contribution in [0.25, 0.3) is 11.1 Å². The molecule has 3 heteroatoms. The van der Waals surface area contributed by atoms with Crippen LogP contribution in [0.4, 0.5) is 0 Å². The van der Waals surface area contributed by atoms with Crippen molar-refractivity contribution in [1.82, 2.24) is 0 Å². The van der Waals surface area contributed by atoms with Gasteiger partial charge in [0.15, 0.2) is 11.4 Å². The van der Waals surface area contributed by atoms with Crippen LogP contribution in [0.3, 0.4) is 0 Å². The van der Waals surface area contributed by atoms with E-state index in [4.69, 9.17) is 0 Å². The summed E-state index contributed by atoms with van der Waals surface area (Å²) in [7, 11) is 0. The van der Waals surface area contributed by atoms with E-state index in [1.54, 1.807) is 0 Å². The first kappa shape index (κ1) is 21.7. The smallest absolute Gasteiger partial charge is 0.207 e. The van der Waals surface area contributed by atoms with E-state index in [2.05, 4.69) is 68.7 Å². The number of carbonyl (C=O) groups excluding carboxylic acids is 1. The van der Waals surface area contributed by atoms with Gasteiger partial charge in [0, 0.05) is 64.6 Å². The van der Waals surface area contributed by atoms with E-state index in [1.165, 1.54) is 22.3 Å². The number of hydrogen-bond donors (Lipinski definition) is 0. The van der Waals surface area contributed by atoms with Gasteiger partial charge in [-0.05, 0) is 42.2 Å². The summed E-state index contributed by atoms with van der Waals surface area (Å²) in [6.07, 6.45) is 0.486. The Bertz CT molecular complexity index is 928. The summed E-state index contributed by atoms with van der Waals surface area (Å²) in [6.45, 7) is 8.73. The Balaban J connectivity index is 0.00000261. The molecule has 1 heterocycles. The van der Waals surface area contributed by atoms with Crippen LogP contribution in [0.15, 0.2) is 60.7 Å². The molecule has 0 spiro atoms. The number of Topliss-reactive ketones (excluding diaryl/α,β-unsaturated/α-hetero) is 1. The Labute approximate surface area is 187 Å². The molecule has 0 aliphatic carbocycles. The molecule has 0 fully saturated rings. The molecule has 2 aromatic carbocycles. The first-order chi connectivity index (χ1) is 12.5. The van der Waals surface area contributed by atoms with Crippen LogP contribution >= 0.6 is 0 Å². The van der Waals surface area contributed by atoms with E-state index in [0.29, 0.717) is 13.0 Å². The predicted molar refractivity (Wildman–Crippen MR) is 106 cm³/mol. The van der Waals surface area contributed by atoms with Crippen molar-refractivity contribution in [2.45, 2.75) is 40.7 Å². The Kier molecular flexibility index (Phi) is 7.64. The number of aryl methyl sites for hydroxylation is 3. The van der Waals surface area contributed by atoms with Crippen molar-refractivity contribution in [3.8, 4) is 11.1 Å². The van der Waals surface area contributed by atoms with E-state index in [-0.39, 0.29) is 38.5 Å². The summed E-state index contributed by atoms with van der Waals surface area (Å²) in [5.41, 5.74) is 8.14. The minimum absolute atomic E-state index is 0. The van der Waals surface area contributed by atoms with Crippen LogP contribution in [0.1, 0.15) is 28.1 Å². The average Bonchev–Trinajstić information content (AvgIpc) is 2.63. The van der Waals surface area contributed by atoms with E-state index in [0.717, 1.165) is 17.0 Å². The predicted octanol–water partition coefficient (Wildman–Crippen LogP) is 4.68. The normalized spacial score (nSPS) is 10.4. The van der Waals surface area contributed by atoms with Gasteiger partial charge < -0.3 is 0 Å². The summed E-state index contributed by atoms with van der Waals surface area (Å²) in [4.78, 5) is 12.8. The summed E-state index contributed by atoms with van der Waals surface area (Å²) in [6, 6.07) is 20.8. The summed E-state index contributed by atoms with van der Waals surface area (Å²) in [5, 5.41) is 0. The molecule has 3 aromatic rings. The maximum absolute atomic E-state index is 12.8. The second-order valence-corrected chi connectivity index (χ2v) is 7.01. The molecule has 1 aromatic heterocycles. The molecule has 0 atom stereocenters. The van der Waals surface area contributed by atoms with Crippen LogP contribution in [-0.2, 0) is 50.5 Å². The van der Waals surface area contributed by atoms with Gasteiger partial charge in [-0.1, -0.05) is 48.5 Å². The van der Waals surface area contributed by atoms with Gasteiger partial charge >= 0.3 is 0 Å². The van der Waals surface area contributed by atoms with Crippen LogP contribution < -0.4 is 4.57 Å². The third-order valence-electron chi connectivity index (χ3n) is 5.15. The van der Waals surface area contributed by atoms with Crippen molar-refractivity contribution in [2.75, 3.05) is 0 Å². The third-order valence-corrected chi connectivity index (χ3v) is 5.15. The number of carbonyl (C=O) groups is 1. The second kappa shape index (κ2) is 9.53. The molecule has 0 aliphatic rings. The number of ketones is 1. The maximum atomic E-state index is 12.8. The van der Waals surface area contributed by atoms with Gasteiger partial charge in [0.2, 0.25) is 12.3 Å². The van der Waals surface area contributed by atoms with Crippen molar-refractivity contribution in [1.29, 1.82) is 0 Å². The number of benzene rings is 2. The quantitative estimate of drug-likeness (QED) is 0.535. The van der Waals surface area contributed by atoms with Gasteiger partial charge in [0.05, 0.1) is 0 Å². The fraction of sp³-hybridized carbons (Fsp3) is 0.250. The first-order valence-electron chi connectivity index (χ1n) is 9.09. The average molecular weight is 433 g/mol. The molecule has 0 bridgehead atoms. The minimum atomic E-state index is 0. The van der Waals surface area contributed by atoms with Gasteiger partial charge in [0.25, 0.3) is 0 Å². The van der Waals surface area contributed by atoms with Gasteiger partial charge in [-0.3, -0.25) is 4.79 Å². The molecule has 0 saturated carbocycles. The fourth-order valence-corrected chi connectivity index (χ4v) is 3.55. The zero-order chi connectivity index (χ0) is 18.7. The molecule has 0 unspecified atom stereocenters. The molecule has 0 saturated heterocycles. The standard InChI is InChI=1S/C24H26NO.Y/c1-17-9-8-10-18(2)24(17)15-22(26)16-25-19(3)13-14-23(20(25)4)21-11-6-5-7-12-21;/h5-14H,15-16H2,1-4H3;/q+1;. The Hall–Kier alpha value is -1.64. The molecule has 135 valence electrons. The van der Waals surface area contributed by atoms with Crippen molar-refractivity contribution in [2.24, 2.45) is 0 Å². The van der Waals surface area contributed by atoms with E-state index in [9.17, 15) is 4.79 Å². The van der Waals surface area contributed by atoms with Crippen LogP contribution in [0.2, 0.25) is 0 Å². The summed E-state index contributed by atoms with van der Waals surface area (Å²) >= 11 is 0. The number of nitrogens with zero attached hydrogens (tertiary/aromatic N) is 1. The van der Waals surface area contributed by atoms with Crippen LogP contribution in [0, 0.1) is 27.7 Å². The molecule has 0 aliphatic heterocycles. The fourth-order valence-electron chi connectivity index (χ4n) is 3.55. The summed E-state index contributed by atoms with van der Waals surface area (Å²) < 4.78 is 2.14. The molecule has 2 nitrogen and oxygen atoms in total. The number of hydrogen-bond acceptors (Lipinski definition) is 1. The number of pyridine rings is 1.